The van der Waals surface area contributed by atoms with Crippen LogP contribution in [0.5, 0.6) is 0 Å². The Morgan fingerprint density at radius 1 is 1.22 bits per heavy atom. The highest BCUT2D eigenvalue weighted by atomic mass is 32.1. The molecule has 2 aromatic rings. The zero-order valence-corrected chi connectivity index (χ0v) is 14.1. The van der Waals surface area contributed by atoms with E-state index in [0.29, 0.717) is 0 Å². The third-order valence-corrected chi connectivity index (χ3v) is 4.93. The summed E-state index contributed by atoms with van der Waals surface area (Å²) >= 11 is 1.49. The summed E-state index contributed by atoms with van der Waals surface area (Å²) in [6.45, 7) is 5.57. The Labute approximate surface area is 140 Å². The number of rotatable bonds is 7. The molecule has 23 heavy (non-hydrogen) atoms. The van der Waals surface area contributed by atoms with Crippen molar-refractivity contribution in [3.8, 4) is 5.69 Å². The van der Waals surface area contributed by atoms with Crippen LogP contribution in [0.1, 0.15) is 22.5 Å². The number of morpholine rings is 1. The highest BCUT2D eigenvalue weighted by Crippen LogP contribution is 2.21. The maximum atomic E-state index is 12.3. The smallest absolute Gasteiger partial charge is 0.263 e. The Hall–Kier alpha value is -1.63. The summed E-state index contributed by atoms with van der Waals surface area (Å²) in [5, 5.41) is 5.00. The van der Waals surface area contributed by atoms with E-state index in [2.05, 4.69) is 10.2 Å². The lowest BCUT2D eigenvalue weighted by Gasteiger charge is -2.26. The Kier molecular flexibility index (Phi) is 5.85. The maximum absolute atomic E-state index is 12.3. The second-order valence-corrected chi connectivity index (χ2v) is 6.56. The lowest BCUT2D eigenvalue weighted by Crippen LogP contribution is -2.37. The van der Waals surface area contributed by atoms with Crippen LogP contribution in [0.2, 0.25) is 0 Å². The van der Waals surface area contributed by atoms with Gasteiger partial charge in [0.2, 0.25) is 0 Å². The predicted molar refractivity (Wildman–Crippen MR) is 92.5 cm³/mol. The Balaban J connectivity index is 1.41. The van der Waals surface area contributed by atoms with Gasteiger partial charge in [-0.25, -0.2) is 0 Å². The molecule has 3 heterocycles. The first-order valence-corrected chi connectivity index (χ1v) is 9.02. The van der Waals surface area contributed by atoms with Gasteiger partial charge in [0.15, 0.2) is 0 Å². The SMILES string of the molecule is O=C(NCCCCN1CCOCC1)c1sccc1-n1cccc1. The summed E-state index contributed by atoms with van der Waals surface area (Å²) in [5.74, 6) is 0.0232. The Morgan fingerprint density at radius 3 is 2.78 bits per heavy atom. The Bertz CT molecular complexity index is 603. The average molecular weight is 333 g/mol. The molecule has 0 aliphatic carbocycles. The van der Waals surface area contributed by atoms with E-state index >= 15 is 0 Å². The third kappa shape index (κ3) is 4.43. The third-order valence-electron chi connectivity index (χ3n) is 4.02. The summed E-state index contributed by atoms with van der Waals surface area (Å²) in [4.78, 5) is 15.5. The number of thiophene rings is 1. The van der Waals surface area contributed by atoms with Crippen LogP contribution in [0, 0.1) is 0 Å². The molecule has 0 radical (unpaired) electrons. The fourth-order valence-corrected chi connectivity index (χ4v) is 3.54. The number of nitrogens with zero attached hydrogens (tertiary/aromatic N) is 2. The molecular weight excluding hydrogens is 310 g/mol. The fraction of sp³-hybridized carbons (Fsp3) is 0.471. The van der Waals surface area contributed by atoms with Crippen molar-refractivity contribution in [1.29, 1.82) is 0 Å². The van der Waals surface area contributed by atoms with Gasteiger partial charge in [-0.15, -0.1) is 11.3 Å². The summed E-state index contributed by atoms with van der Waals surface area (Å²) in [7, 11) is 0. The van der Waals surface area contributed by atoms with E-state index in [-0.39, 0.29) is 5.91 Å². The second kappa shape index (κ2) is 8.29. The number of hydrogen-bond acceptors (Lipinski definition) is 4. The summed E-state index contributed by atoms with van der Waals surface area (Å²) in [6, 6.07) is 5.91. The van der Waals surface area contributed by atoms with Gasteiger partial charge in [0.1, 0.15) is 4.88 Å². The molecule has 1 N–H and O–H groups in total. The van der Waals surface area contributed by atoms with Gasteiger partial charge < -0.3 is 14.6 Å². The summed E-state index contributed by atoms with van der Waals surface area (Å²) in [5.41, 5.74) is 0.950. The number of hydrogen-bond donors (Lipinski definition) is 1. The molecular formula is C17H23N3O2S. The van der Waals surface area contributed by atoms with Crippen LogP contribution in [-0.4, -0.2) is 54.8 Å². The molecule has 124 valence electrons. The maximum Gasteiger partial charge on any atom is 0.263 e. The first-order valence-electron chi connectivity index (χ1n) is 8.14. The molecule has 1 aliphatic rings. The zero-order chi connectivity index (χ0) is 15.9. The molecule has 2 aromatic heterocycles. The van der Waals surface area contributed by atoms with Crippen LogP contribution in [-0.2, 0) is 4.74 Å². The van der Waals surface area contributed by atoms with E-state index in [1.807, 2.05) is 40.5 Å². The predicted octanol–water partition coefficient (Wildman–Crippen LogP) is 2.38. The van der Waals surface area contributed by atoms with Crippen molar-refractivity contribution in [2.75, 3.05) is 39.4 Å². The molecule has 0 saturated carbocycles. The van der Waals surface area contributed by atoms with Crippen LogP contribution in [0.4, 0.5) is 0 Å². The van der Waals surface area contributed by atoms with Crippen molar-refractivity contribution in [2.45, 2.75) is 12.8 Å². The second-order valence-electron chi connectivity index (χ2n) is 5.64. The van der Waals surface area contributed by atoms with Crippen LogP contribution in [0.15, 0.2) is 36.0 Å². The van der Waals surface area contributed by atoms with Crippen LogP contribution >= 0.6 is 11.3 Å². The summed E-state index contributed by atoms with van der Waals surface area (Å²) < 4.78 is 7.32. The number of carbonyl (C=O) groups is 1. The number of unbranched alkanes of at least 4 members (excludes halogenated alkanes) is 1. The average Bonchev–Trinajstić information content (AvgIpc) is 3.26. The molecule has 3 rings (SSSR count). The molecule has 1 fully saturated rings. The fourth-order valence-electron chi connectivity index (χ4n) is 2.74. The highest BCUT2D eigenvalue weighted by molar-refractivity contribution is 7.12. The summed E-state index contributed by atoms with van der Waals surface area (Å²) in [6.07, 6.45) is 6.03. The highest BCUT2D eigenvalue weighted by Gasteiger charge is 2.14. The minimum absolute atomic E-state index is 0.0232. The molecule has 5 nitrogen and oxygen atoms in total. The lowest BCUT2D eigenvalue weighted by molar-refractivity contribution is 0.0372. The van der Waals surface area contributed by atoms with E-state index in [4.69, 9.17) is 4.74 Å². The van der Waals surface area contributed by atoms with Gasteiger partial charge in [-0.2, -0.15) is 0 Å². The van der Waals surface area contributed by atoms with Crippen molar-refractivity contribution in [3.05, 3.63) is 40.8 Å². The van der Waals surface area contributed by atoms with E-state index in [1.54, 1.807) is 0 Å². The van der Waals surface area contributed by atoms with Crippen molar-refractivity contribution in [1.82, 2.24) is 14.8 Å². The van der Waals surface area contributed by atoms with Gasteiger partial charge in [0.25, 0.3) is 5.91 Å². The molecule has 6 heteroatoms. The number of carbonyl (C=O) groups excluding carboxylic acids is 1. The molecule has 1 amide bonds. The largest absolute Gasteiger partial charge is 0.379 e. The van der Waals surface area contributed by atoms with Crippen molar-refractivity contribution >= 4 is 17.2 Å². The van der Waals surface area contributed by atoms with Gasteiger partial charge in [-0.05, 0) is 43.0 Å². The molecule has 0 atom stereocenters. The van der Waals surface area contributed by atoms with Crippen molar-refractivity contribution in [2.24, 2.45) is 0 Å². The number of aromatic nitrogens is 1. The van der Waals surface area contributed by atoms with Gasteiger partial charge in [0.05, 0.1) is 18.9 Å². The molecule has 0 spiro atoms. The van der Waals surface area contributed by atoms with E-state index in [0.717, 1.165) is 62.8 Å². The molecule has 0 unspecified atom stereocenters. The zero-order valence-electron chi connectivity index (χ0n) is 13.2. The first-order chi connectivity index (χ1) is 11.3. The Morgan fingerprint density at radius 2 is 2.00 bits per heavy atom. The van der Waals surface area contributed by atoms with Crippen molar-refractivity contribution in [3.63, 3.8) is 0 Å². The van der Waals surface area contributed by atoms with Gasteiger partial charge >= 0.3 is 0 Å². The minimum atomic E-state index is 0.0232. The quantitative estimate of drug-likeness (QED) is 0.792. The lowest BCUT2D eigenvalue weighted by atomic mass is 10.2. The van der Waals surface area contributed by atoms with Crippen LogP contribution in [0.3, 0.4) is 0 Å². The van der Waals surface area contributed by atoms with Gasteiger partial charge in [0, 0.05) is 32.0 Å². The first kappa shape index (κ1) is 16.2. The standard InChI is InChI=1S/C17H23N3O2S/c21-17(16-15(5-14-23-16)20-8-3-4-9-20)18-6-1-2-7-19-10-12-22-13-11-19/h3-5,8-9,14H,1-2,6-7,10-13H2,(H,18,21). The molecule has 0 aromatic carbocycles. The molecule has 1 saturated heterocycles. The molecule has 0 bridgehead atoms. The van der Waals surface area contributed by atoms with E-state index in [1.165, 1.54) is 11.3 Å². The number of ether oxygens (including phenoxy) is 1. The monoisotopic (exact) mass is 333 g/mol. The normalized spacial score (nSPS) is 15.7. The minimum Gasteiger partial charge on any atom is -0.379 e. The van der Waals surface area contributed by atoms with Gasteiger partial charge in [-0.3, -0.25) is 9.69 Å². The topological polar surface area (TPSA) is 46.5 Å². The van der Waals surface area contributed by atoms with Crippen molar-refractivity contribution < 1.29 is 9.53 Å². The van der Waals surface area contributed by atoms with Gasteiger partial charge in [-0.1, -0.05) is 0 Å². The van der Waals surface area contributed by atoms with Crippen LogP contribution < -0.4 is 5.32 Å². The van der Waals surface area contributed by atoms with Crippen LogP contribution in [0.25, 0.3) is 5.69 Å². The van der Waals surface area contributed by atoms with E-state index in [9.17, 15) is 4.79 Å². The molecule has 1 aliphatic heterocycles. The number of amides is 1. The number of nitrogens with one attached hydrogen (secondary N) is 1. The van der Waals surface area contributed by atoms with E-state index < -0.39 is 0 Å².